The second kappa shape index (κ2) is 7.73. The van der Waals surface area contributed by atoms with Crippen LogP contribution in [0.5, 0.6) is 0 Å². The summed E-state index contributed by atoms with van der Waals surface area (Å²) in [5.41, 5.74) is 6.69. The molecule has 1 aromatic carbocycles. The zero-order valence-corrected chi connectivity index (χ0v) is 13.3. The van der Waals surface area contributed by atoms with Crippen molar-refractivity contribution in [2.24, 2.45) is 5.73 Å². The minimum atomic E-state index is -0.431. The molecule has 1 aromatic rings. The van der Waals surface area contributed by atoms with Gasteiger partial charge >= 0.3 is 6.03 Å². The maximum absolute atomic E-state index is 12.4. The molecule has 23 heavy (non-hydrogen) atoms. The minimum absolute atomic E-state index is 0.0209. The Kier molecular flexibility index (Phi) is 5.70. The van der Waals surface area contributed by atoms with E-state index in [1.165, 1.54) is 11.9 Å². The van der Waals surface area contributed by atoms with Gasteiger partial charge in [0.15, 0.2) is 0 Å². The summed E-state index contributed by atoms with van der Waals surface area (Å²) in [7, 11) is 1.54. The maximum Gasteiger partial charge on any atom is 0.327 e. The Balaban J connectivity index is 1.95. The molecular formula is C16H22N4O3. The second-order valence-electron chi connectivity index (χ2n) is 5.52. The van der Waals surface area contributed by atoms with E-state index in [1.54, 1.807) is 4.90 Å². The van der Waals surface area contributed by atoms with Crippen LogP contribution in [-0.2, 0) is 16.0 Å². The van der Waals surface area contributed by atoms with Crippen molar-refractivity contribution in [2.45, 2.75) is 6.42 Å². The van der Waals surface area contributed by atoms with E-state index in [-0.39, 0.29) is 24.9 Å². The van der Waals surface area contributed by atoms with Crippen LogP contribution < -0.4 is 5.73 Å². The molecule has 7 nitrogen and oxygen atoms in total. The van der Waals surface area contributed by atoms with Crippen LogP contribution in [-0.4, -0.2) is 72.3 Å². The Morgan fingerprint density at radius 2 is 1.91 bits per heavy atom. The number of amides is 4. The van der Waals surface area contributed by atoms with Gasteiger partial charge < -0.3 is 15.5 Å². The lowest BCUT2D eigenvalue weighted by molar-refractivity contribution is -0.136. The van der Waals surface area contributed by atoms with E-state index < -0.39 is 6.03 Å². The number of carbonyl (C=O) groups excluding carboxylic acids is 3. The number of rotatable bonds is 7. The summed E-state index contributed by atoms with van der Waals surface area (Å²) >= 11 is 0. The van der Waals surface area contributed by atoms with E-state index in [9.17, 15) is 14.4 Å². The van der Waals surface area contributed by atoms with Crippen LogP contribution in [0.25, 0.3) is 0 Å². The molecule has 0 atom stereocenters. The van der Waals surface area contributed by atoms with E-state index in [4.69, 9.17) is 5.73 Å². The molecule has 0 bridgehead atoms. The molecule has 4 amide bonds. The van der Waals surface area contributed by atoms with Crippen molar-refractivity contribution in [2.75, 3.05) is 39.8 Å². The van der Waals surface area contributed by atoms with Crippen LogP contribution in [0, 0.1) is 0 Å². The first kappa shape index (κ1) is 17.0. The molecule has 1 aliphatic rings. The first-order valence-electron chi connectivity index (χ1n) is 7.60. The molecular weight excluding hydrogens is 296 g/mol. The van der Waals surface area contributed by atoms with Crippen molar-refractivity contribution in [1.82, 2.24) is 14.7 Å². The van der Waals surface area contributed by atoms with Gasteiger partial charge in [-0.1, -0.05) is 30.3 Å². The molecule has 2 N–H and O–H groups in total. The number of imide groups is 1. The highest BCUT2D eigenvalue weighted by Crippen LogP contribution is 2.09. The van der Waals surface area contributed by atoms with Crippen molar-refractivity contribution in [3.05, 3.63) is 35.9 Å². The maximum atomic E-state index is 12.4. The van der Waals surface area contributed by atoms with Crippen molar-refractivity contribution in [3.8, 4) is 0 Å². The third kappa shape index (κ3) is 4.29. The van der Waals surface area contributed by atoms with Gasteiger partial charge in [0.1, 0.15) is 13.1 Å². The number of hydrogen-bond acceptors (Lipinski definition) is 4. The fraction of sp³-hybridized carbons (Fsp3) is 0.438. The molecule has 0 unspecified atom stereocenters. The van der Waals surface area contributed by atoms with Gasteiger partial charge in [0, 0.05) is 26.7 Å². The first-order valence-corrected chi connectivity index (χ1v) is 7.60. The largest absolute Gasteiger partial charge is 0.340 e. The number of nitrogens with zero attached hydrogens (tertiary/aromatic N) is 3. The van der Waals surface area contributed by atoms with Gasteiger partial charge in [0.2, 0.25) is 5.91 Å². The van der Waals surface area contributed by atoms with Gasteiger partial charge in [0.25, 0.3) is 5.91 Å². The minimum Gasteiger partial charge on any atom is -0.340 e. The predicted molar refractivity (Wildman–Crippen MR) is 85.5 cm³/mol. The lowest BCUT2D eigenvalue weighted by atomic mass is 10.1. The fourth-order valence-electron chi connectivity index (χ4n) is 2.49. The number of nitrogens with two attached hydrogens (primary N) is 1. The van der Waals surface area contributed by atoms with E-state index in [0.29, 0.717) is 26.1 Å². The summed E-state index contributed by atoms with van der Waals surface area (Å²) in [6.45, 7) is 1.04. The molecule has 2 rings (SSSR count). The number of carbonyl (C=O) groups is 3. The zero-order chi connectivity index (χ0) is 16.8. The molecule has 1 aliphatic heterocycles. The molecule has 1 fully saturated rings. The van der Waals surface area contributed by atoms with Crippen molar-refractivity contribution in [3.63, 3.8) is 0 Å². The summed E-state index contributed by atoms with van der Waals surface area (Å²) in [5.74, 6) is -0.606. The average Bonchev–Trinajstić information content (AvgIpc) is 2.78. The van der Waals surface area contributed by atoms with Crippen molar-refractivity contribution >= 4 is 17.8 Å². The Bertz CT molecular complexity index is 576. The summed E-state index contributed by atoms with van der Waals surface area (Å²) in [6, 6.07) is 9.39. The van der Waals surface area contributed by atoms with Gasteiger partial charge in [-0.25, -0.2) is 4.79 Å². The Hall–Kier alpha value is -2.41. The zero-order valence-electron chi connectivity index (χ0n) is 13.3. The van der Waals surface area contributed by atoms with Crippen molar-refractivity contribution in [1.29, 1.82) is 0 Å². The third-order valence-corrected chi connectivity index (χ3v) is 3.79. The normalized spacial score (nSPS) is 14.5. The predicted octanol–water partition coefficient (Wildman–Crippen LogP) is -0.0896. The lowest BCUT2D eigenvalue weighted by Crippen LogP contribution is -2.45. The van der Waals surface area contributed by atoms with Crippen molar-refractivity contribution < 1.29 is 14.4 Å². The monoisotopic (exact) mass is 318 g/mol. The smallest absolute Gasteiger partial charge is 0.327 e. The number of likely N-dealkylation sites (N-methyl/N-ethyl adjacent to an activating group) is 1. The second-order valence-corrected chi connectivity index (χ2v) is 5.52. The average molecular weight is 318 g/mol. The molecule has 0 radical (unpaired) electrons. The molecule has 1 heterocycles. The van der Waals surface area contributed by atoms with Crippen LogP contribution in [0.2, 0.25) is 0 Å². The quantitative estimate of drug-likeness (QED) is 0.712. The fourth-order valence-corrected chi connectivity index (χ4v) is 2.49. The first-order chi connectivity index (χ1) is 11.0. The molecule has 0 saturated carbocycles. The van der Waals surface area contributed by atoms with E-state index in [2.05, 4.69) is 0 Å². The molecule has 1 saturated heterocycles. The summed E-state index contributed by atoms with van der Waals surface area (Å²) in [6.07, 6.45) is 0.703. The standard InChI is InChI=1S/C16H22N4O3/c1-18-11-15(22)20(16(18)23)12-14(21)19(10-8-17)9-7-13-5-3-2-4-6-13/h2-6H,7-12,17H2,1H3. The Morgan fingerprint density at radius 1 is 1.22 bits per heavy atom. The van der Waals surface area contributed by atoms with Crippen LogP contribution in [0.4, 0.5) is 4.79 Å². The Labute approximate surface area is 135 Å². The number of hydrogen-bond donors (Lipinski definition) is 1. The molecule has 0 spiro atoms. The van der Waals surface area contributed by atoms with Crippen LogP contribution in [0.3, 0.4) is 0 Å². The van der Waals surface area contributed by atoms with Crippen LogP contribution in [0.1, 0.15) is 5.56 Å². The molecule has 0 aromatic heterocycles. The van der Waals surface area contributed by atoms with E-state index in [0.717, 1.165) is 10.5 Å². The highest BCUT2D eigenvalue weighted by Gasteiger charge is 2.35. The molecule has 0 aliphatic carbocycles. The molecule has 124 valence electrons. The SMILES string of the molecule is CN1CC(=O)N(CC(=O)N(CCN)CCc2ccccc2)C1=O. The number of urea groups is 1. The molecule has 7 heteroatoms. The summed E-state index contributed by atoms with van der Waals surface area (Å²) < 4.78 is 0. The Morgan fingerprint density at radius 3 is 2.48 bits per heavy atom. The van der Waals surface area contributed by atoms with Gasteiger partial charge in [-0.2, -0.15) is 0 Å². The van der Waals surface area contributed by atoms with E-state index in [1.807, 2.05) is 30.3 Å². The lowest BCUT2D eigenvalue weighted by Gasteiger charge is -2.24. The van der Waals surface area contributed by atoms with Gasteiger partial charge in [-0.3, -0.25) is 14.5 Å². The summed E-state index contributed by atoms with van der Waals surface area (Å²) in [5, 5.41) is 0. The van der Waals surface area contributed by atoms with Crippen LogP contribution >= 0.6 is 0 Å². The summed E-state index contributed by atoms with van der Waals surface area (Å²) in [4.78, 5) is 39.9. The highest BCUT2D eigenvalue weighted by molar-refractivity contribution is 6.04. The van der Waals surface area contributed by atoms with E-state index >= 15 is 0 Å². The van der Waals surface area contributed by atoms with Gasteiger partial charge in [0.05, 0.1) is 0 Å². The highest BCUT2D eigenvalue weighted by atomic mass is 16.2. The topological polar surface area (TPSA) is 87.0 Å². The van der Waals surface area contributed by atoms with Gasteiger partial charge in [-0.05, 0) is 12.0 Å². The van der Waals surface area contributed by atoms with Crippen LogP contribution in [0.15, 0.2) is 30.3 Å². The van der Waals surface area contributed by atoms with Gasteiger partial charge in [-0.15, -0.1) is 0 Å². The number of benzene rings is 1. The third-order valence-electron chi connectivity index (χ3n) is 3.79.